The van der Waals surface area contributed by atoms with E-state index >= 15 is 0 Å². The van der Waals surface area contributed by atoms with E-state index in [1.54, 1.807) is 10.8 Å². The molecular formula is C28H30N3O2+. The first-order chi connectivity index (χ1) is 15.8. The summed E-state index contributed by atoms with van der Waals surface area (Å²) < 4.78 is 1.80. The average molecular weight is 441 g/mol. The maximum Gasteiger partial charge on any atom is 0.304 e. The van der Waals surface area contributed by atoms with Crippen LogP contribution in [0.1, 0.15) is 64.0 Å². The minimum Gasteiger partial charge on any atom is -0.334 e. The predicted molar refractivity (Wildman–Crippen MR) is 130 cm³/mol. The van der Waals surface area contributed by atoms with Crippen LogP contribution in [0, 0.1) is 13.8 Å². The molecule has 1 aliphatic rings. The van der Waals surface area contributed by atoms with E-state index in [9.17, 15) is 9.59 Å². The first-order valence-electron chi connectivity index (χ1n) is 11.3. The van der Waals surface area contributed by atoms with E-state index in [0.29, 0.717) is 11.5 Å². The van der Waals surface area contributed by atoms with E-state index in [1.807, 2.05) is 74.7 Å². The molecule has 5 heteroatoms. The number of benzene rings is 3. The van der Waals surface area contributed by atoms with E-state index in [4.69, 9.17) is 0 Å². The van der Waals surface area contributed by atoms with Crippen molar-refractivity contribution in [3.05, 3.63) is 106 Å². The normalized spacial score (nSPS) is 19.1. The fourth-order valence-corrected chi connectivity index (χ4v) is 4.08. The maximum atomic E-state index is 13.0. The van der Waals surface area contributed by atoms with Crippen LogP contribution < -0.4 is 10.7 Å². The van der Waals surface area contributed by atoms with Crippen LogP contribution in [0.5, 0.6) is 0 Å². The highest BCUT2D eigenvalue weighted by Crippen LogP contribution is 2.26. The maximum absolute atomic E-state index is 13.0. The van der Waals surface area contributed by atoms with Crippen LogP contribution >= 0.6 is 0 Å². The molecule has 5 nitrogen and oxygen atoms in total. The molecule has 0 bridgehead atoms. The number of hydrogen-bond donors (Lipinski definition) is 2. The lowest BCUT2D eigenvalue weighted by Crippen LogP contribution is -2.42. The van der Waals surface area contributed by atoms with Gasteiger partial charge in [-0.2, -0.15) is 0 Å². The Bertz CT molecular complexity index is 1190. The molecule has 0 aliphatic carbocycles. The lowest BCUT2D eigenvalue weighted by Gasteiger charge is -2.15. The highest BCUT2D eigenvalue weighted by Gasteiger charge is 2.47. The summed E-state index contributed by atoms with van der Waals surface area (Å²) in [5.74, 6) is -0.0530. The summed E-state index contributed by atoms with van der Waals surface area (Å²) in [7, 11) is 0. The van der Waals surface area contributed by atoms with Crippen molar-refractivity contribution in [3.8, 4) is 0 Å². The Morgan fingerprint density at radius 2 is 1.67 bits per heavy atom. The van der Waals surface area contributed by atoms with Gasteiger partial charge in [0, 0.05) is 16.7 Å². The van der Waals surface area contributed by atoms with Crippen LogP contribution in [0.25, 0.3) is 0 Å². The molecule has 168 valence electrons. The molecule has 3 aromatic rings. The zero-order valence-corrected chi connectivity index (χ0v) is 19.5. The van der Waals surface area contributed by atoms with Crippen molar-refractivity contribution in [2.24, 2.45) is 0 Å². The van der Waals surface area contributed by atoms with Crippen molar-refractivity contribution in [1.82, 2.24) is 10.7 Å². The van der Waals surface area contributed by atoms with Crippen LogP contribution in [-0.2, 0) is 4.79 Å². The Morgan fingerprint density at radius 3 is 2.30 bits per heavy atom. The number of rotatable bonds is 5. The Labute approximate surface area is 195 Å². The van der Waals surface area contributed by atoms with Crippen LogP contribution in [0.15, 0.2) is 72.8 Å². The third kappa shape index (κ3) is 5.03. The van der Waals surface area contributed by atoms with Gasteiger partial charge in [-0.1, -0.05) is 73.5 Å². The second kappa shape index (κ2) is 9.41. The number of carbonyl (C=O) groups excluding carboxylic acids is 2. The van der Waals surface area contributed by atoms with Crippen molar-refractivity contribution in [2.45, 2.75) is 45.7 Å². The molecule has 4 rings (SSSR count). The minimum atomic E-state index is -0.730. The van der Waals surface area contributed by atoms with Crippen molar-refractivity contribution in [2.75, 3.05) is 0 Å². The molecule has 2 N–H and O–H groups in total. The van der Waals surface area contributed by atoms with E-state index < -0.39 is 6.04 Å². The number of hydrazone groups is 1. The van der Waals surface area contributed by atoms with E-state index in [-0.39, 0.29) is 17.9 Å². The molecule has 2 atom stereocenters. The van der Waals surface area contributed by atoms with Gasteiger partial charge in [-0.15, -0.1) is 10.1 Å². The van der Waals surface area contributed by atoms with E-state index in [0.717, 1.165) is 22.3 Å². The Balaban J connectivity index is 1.69. The second-order valence-corrected chi connectivity index (χ2v) is 9.01. The third-order valence-corrected chi connectivity index (χ3v) is 6.01. The molecule has 0 radical (unpaired) electrons. The molecule has 33 heavy (non-hydrogen) atoms. The summed E-state index contributed by atoms with van der Waals surface area (Å²) >= 11 is 0. The van der Waals surface area contributed by atoms with Crippen molar-refractivity contribution < 1.29 is 14.3 Å². The predicted octanol–water partition coefficient (Wildman–Crippen LogP) is 4.44. The molecule has 0 spiro atoms. The van der Waals surface area contributed by atoms with Gasteiger partial charge in [0.1, 0.15) is 0 Å². The van der Waals surface area contributed by atoms with E-state index in [2.05, 4.69) is 36.7 Å². The summed E-state index contributed by atoms with van der Waals surface area (Å²) in [6.45, 7) is 8.29. The van der Waals surface area contributed by atoms with Gasteiger partial charge in [0.15, 0.2) is 6.04 Å². The van der Waals surface area contributed by atoms with Gasteiger partial charge in [0.05, 0.1) is 0 Å². The first-order valence-corrected chi connectivity index (χ1v) is 11.3. The smallest absolute Gasteiger partial charge is 0.304 e. The summed E-state index contributed by atoms with van der Waals surface area (Å²) in [5, 5.41) is 2.96. The highest BCUT2D eigenvalue weighted by atomic mass is 16.2. The van der Waals surface area contributed by atoms with Gasteiger partial charge in [-0.05, 0) is 49.6 Å². The molecule has 1 aliphatic heterocycles. The third-order valence-electron chi connectivity index (χ3n) is 6.01. The highest BCUT2D eigenvalue weighted by molar-refractivity contribution is 5.98. The zero-order chi connectivity index (χ0) is 23.5. The van der Waals surface area contributed by atoms with E-state index in [1.165, 1.54) is 5.56 Å². The van der Waals surface area contributed by atoms with Crippen LogP contribution in [-0.4, -0.2) is 28.8 Å². The molecule has 3 aromatic carbocycles. The molecular weight excluding hydrogens is 410 g/mol. The van der Waals surface area contributed by atoms with Gasteiger partial charge in [-0.25, -0.2) is 0 Å². The number of hydrazine groups is 1. The van der Waals surface area contributed by atoms with Crippen molar-refractivity contribution >= 4 is 18.0 Å². The SMILES string of the molecule is Cc1ccc([C@H]2[C@H](NC(=O)c3cccc(C)c3)C(=O)N/[N+]2=C\c2ccc(C(C)C)cc2)cc1. The largest absolute Gasteiger partial charge is 0.334 e. The molecule has 1 heterocycles. The zero-order valence-electron chi connectivity index (χ0n) is 19.5. The Hall–Kier alpha value is -3.73. The summed E-state index contributed by atoms with van der Waals surface area (Å²) in [6, 6.07) is 22.6. The quantitative estimate of drug-likeness (QED) is 0.576. The average Bonchev–Trinajstić information content (AvgIpc) is 3.09. The number of hydrogen-bond acceptors (Lipinski definition) is 2. The number of amides is 2. The topological polar surface area (TPSA) is 61.2 Å². The molecule has 0 unspecified atom stereocenters. The number of aryl methyl sites for hydroxylation is 2. The minimum absolute atomic E-state index is 0.239. The number of carbonyl (C=O) groups is 2. The summed E-state index contributed by atoms with van der Waals surface area (Å²) in [5.41, 5.74) is 8.80. The molecule has 0 aromatic heterocycles. The Kier molecular flexibility index (Phi) is 6.40. The second-order valence-electron chi connectivity index (χ2n) is 9.01. The molecule has 1 fully saturated rings. The lowest BCUT2D eigenvalue weighted by atomic mass is 9.98. The van der Waals surface area contributed by atoms with Crippen molar-refractivity contribution in [1.29, 1.82) is 0 Å². The lowest BCUT2D eigenvalue weighted by molar-refractivity contribution is -0.596. The monoisotopic (exact) mass is 440 g/mol. The van der Waals surface area contributed by atoms with Gasteiger partial charge >= 0.3 is 5.91 Å². The van der Waals surface area contributed by atoms with Gasteiger partial charge < -0.3 is 5.32 Å². The van der Waals surface area contributed by atoms with Crippen LogP contribution in [0.4, 0.5) is 0 Å². The molecule has 1 saturated heterocycles. The summed E-state index contributed by atoms with van der Waals surface area (Å²) in [6.07, 6.45) is 1.92. The van der Waals surface area contributed by atoms with Crippen LogP contribution in [0.3, 0.4) is 0 Å². The van der Waals surface area contributed by atoms with Gasteiger partial charge in [-0.3, -0.25) is 9.59 Å². The standard InChI is InChI=1S/C28H29N3O2/c1-18(2)22-14-10-21(11-15-22)17-31-26(23-12-8-19(3)9-13-23)25(28(33)30-31)29-27(32)24-7-5-6-20(4)16-24/h5-18,25-26H,1-4H3,(H-,29,30,32,33)/p+1/b31-17-/t25-,26-/m0/s1. The summed E-state index contributed by atoms with van der Waals surface area (Å²) in [4.78, 5) is 26.0. The fourth-order valence-electron chi connectivity index (χ4n) is 4.08. The van der Waals surface area contributed by atoms with Crippen LogP contribution in [0.2, 0.25) is 0 Å². The van der Waals surface area contributed by atoms with Crippen molar-refractivity contribution in [3.63, 3.8) is 0 Å². The molecule has 0 saturated carbocycles. The Morgan fingerprint density at radius 1 is 0.970 bits per heavy atom. The van der Waals surface area contributed by atoms with Gasteiger partial charge in [0.25, 0.3) is 5.91 Å². The number of nitrogens with zero attached hydrogens (tertiary/aromatic N) is 1. The molecule has 2 amide bonds. The first kappa shape index (κ1) is 22.5. The number of nitrogens with one attached hydrogen (secondary N) is 2. The van der Waals surface area contributed by atoms with Gasteiger partial charge in [0.2, 0.25) is 12.3 Å². The fraction of sp³-hybridized carbons (Fsp3) is 0.250.